The van der Waals surface area contributed by atoms with Crippen LogP contribution in [0.25, 0.3) is 0 Å². The molecule has 0 radical (unpaired) electrons. The van der Waals surface area contributed by atoms with Crippen LogP contribution in [-0.2, 0) is 17.8 Å². The number of hydrogen-bond donors (Lipinski definition) is 3. The second-order valence-electron chi connectivity index (χ2n) is 5.51. The first kappa shape index (κ1) is 15.8. The van der Waals surface area contributed by atoms with Crippen LogP contribution in [0.2, 0.25) is 0 Å². The standard InChI is InChI=1S/C17H18N4O3/c22-16(18-11-15-19-17(23)21-20-15)10-13(14-7-4-8-24-14)9-12-5-2-1-3-6-12/h1-8,13H,9-11H2,(H,18,22)(H2,19,20,21,23). The van der Waals surface area contributed by atoms with Crippen LogP contribution < -0.4 is 11.0 Å². The topological polar surface area (TPSA) is 104 Å². The van der Waals surface area contributed by atoms with Crippen LogP contribution >= 0.6 is 0 Å². The molecule has 0 aliphatic carbocycles. The summed E-state index contributed by atoms with van der Waals surface area (Å²) in [4.78, 5) is 25.7. The van der Waals surface area contributed by atoms with Crippen molar-refractivity contribution < 1.29 is 9.21 Å². The molecule has 2 heterocycles. The molecule has 0 saturated carbocycles. The van der Waals surface area contributed by atoms with E-state index in [-0.39, 0.29) is 24.8 Å². The largest absolute Gasteiger partial charge is 0.469 e. The number of hydrogen-bond acceptors (Lipinski definition) is 4. The second-order valence-corrected chi connectivity index (χ2v) is 5.51. The van der Waals surface area contributed by atoms with Crippen molar-refractivity contribution in [2.75, 3.05) is 0 Å². The van der Waals surface area contributed by atoms with Gasteiger partial charge in [-0.2, -0.15) is 5.10 Å². The van der Waals surface area contributed by atoms with Crippen LogP contribution in [0.5, 0.6) is 0 Å². The number of nitrogens with one attached hydrogen (secondary N) is 3. The summed E-state index contributed by atoms with van der Waals surface area (Å²) >= 11 is 0. The number of furan rings is 1. The van der Waals surface area contributed by atoms with Crippen molar-refractivity contribution in [3.8, 4) is 0 Å². The first-order valence-corrected chi connectivity index (χ1v) is 7.68. The van der Waals surface area contributed by atoms with Gasteiger partial charge in [0.05, 0.1) is 12.8 Å². The molecule has 24 heavy (non-hydrogen) atoms. The highest BCUT2D eigenvalue weighted by Crippen LogP contribution is 2.24. The molecule has 1 atom stereocenters. The van der Waals surface area contributed by atoms with Gasteiger partial charge < -0.3 is 9.73 Å². The van der Waals surface area contributed by atoms with Crippen LogP contribution in [0.1, 0.15) is 29.5 Å². The van der Waals surface area contributed by atoms with E-state index in [9.17, 15) is 9.59 Å². The quantitative estimate of drug-likeness (QED) is 0.615. The summed E-state index contributed by atoms with van der Waals surface area (Å²) < 4.78 is 5.49. The van der Waals surface area contributed by atoms with Crippen LogP contribution in [0.3, 0.4) is 0 Å². The van der Waals surface area contributed by atoms with E-state index in [1.165, 1.54) is 0 Å². The maximum absolute atomic E-state index is 12.2. The Hall–Kier alpha value is -3.09. The predicted molar refractivity (Wildman–Crippen MR) is 87.3 cm³/mol. The SMILES string of the molecule is O=C(CC(Cc1ccccc1)c1ccco1)NCc1n[nH]c(=O)[nH]1. The lowest BCUT2D eigenvalue weighted by atomic mass is 9.93. The zero-order valence-corrected chi connectivity index (χ0v) is 13.0. The summed E-state index contributed by atoms with van der Waals surface area (Å²) in [6, 6.07) is 13.7. The van der Waals surface area contributed by atoms with Gasteiger partial charge in [0.15, 0.2) is 0 Å². The van der Waals surface area contributed by atoms with Crippen LogP contribution in [0.15, 0.2) is 57.9 Å². The summed E-state index contributed by atoms with van der Waals surface area (Å²) in [5, 5.41) is 8.78. The van der Waals surface area contributed by atoms with Gasteiger partial charge in [0, 0.05) is 12.3 Å². The smallest absolute Gasteiger partial charge is 0.340 e. The van der Waals surface area contributed by atoms with Gasteiger partial charge in [0.1, 0.15) is 11.6 Å². The van der Waals surface area contributed by atoms with E-state index >= 15 is 0 Å². The fourth-order valence-electron chi connectivity index (χ4n) is 2.56. The lowest BCUT2D eigenvalue weighted by Crippen LogP contribution is -2.25. The van der Waals surface area contributed by atoms with E-state index in [4.69, 9.17) is 4.42 Å². The number of benzene rings is 1. The van der Waals surface area contributed by atoms with Gasteiger partial charge in [-0.1, -0.05) is 30.3 Å². The van der Waals surface area contributed by atoms with Crippen molar-refractivity contribution in [1.82, 2.24) is 20.5 Å². The van der Waals surface area contributed by atoms with E-state index in [0.717, 1.165) is 11.3 Å². The van der Waals surface area contributed by atoms with E-state index in [1.54, 1.807) is 6.26 Å². The molecule has 7 heteroatoms. The highest BCUT2D eigenvalue weighted by Gasteiger charge is 2.19. The molecular weight excluding hydrogens is 308 g/mol. The van der Waals surface area contributed by atoms with Crippen molar-refractivity contribution in [3.05, 3.63) is 76.4 Å². The molecule has 0 spiro atoms. The fraction of sp³-hybridized carbons (Fsp3) is 0.235. The number of aromatic amines is 2. The van der Waals surface area contributed by atoms with Gasteiger partial charge in [0.25, 0.3) is 0 Å². The Balaban J connectivity index is 1.63. The molecule has 0 aliphatic heterocycles. The Morgan fingerprint density at radius 1 is 1.21 bits per heavy atom. The van der Waals surface area contributed by atoms with Gasteiger partial charge in [-0.3, -0.25) is 9.78 Å². The average molecular weight is 326 g/mol. The maximum Gasteiger partial charge on any atom is 0.340 e. The number of nitrogens with zero attached hydrogens (tertiary/aromatic N) is 1. The van der Waals surface area contributed by atoms with Crippen molar-refractivity contribution in [3.63, 3.8) is 0 Å². The molecule has 0 saturated heterocycles. The molecular formula is C17H18N4O3. The molecule has 1 aromatic carbocycles. The lowest BCUT2D eigenvalue weighted by molar-refractivity contribution is -0.121. The Bertz CT molecular complexity index is 821. The van der Waals surface area contributed by atoms with E-state index in [2.05, 4.69) is 20.5 Å². The first-order valence-electron chi connectivity index (χ1n) is 7.68. The molecule has 7 nitrogen and oxygen atoms in total. The minimum atomic E-state index is -0.392. The van der Waals surface area contributed by atoms with Crippen LogP contribution in [-0.4, -0.2) is 21.1 Å². The minimum Gasteiger partial charge on any atom is -0.469 e. The predicted octanol–water partition coefficient (Wildman–Crippen LogP) is 1.72. The number of aromatic nitrogens is 3. The molecule has 3 aromatic rings. The van der Waals surface area contributed by atoms with E-state index in [1.807, 2.05) is 42.5 Å². The number of H-pyrrole nitrogens is 2. The van der Waals surface area contributed by atoms with Crippen molar-refractivity contribution in [2.45, 2.75) is 25.3 Å². The maximum atomic E-state index is 12.2. The summed E-state index contributed by atoms with van der Waals surface area (Å²) in [5.74, 6) is 0.991. The Morgan fingerprint density at radius 3 is 2.71 bits per heavy atom. The van der Waals surface area contributed by atoms with Crippen LogP contribution in [0, 0.1) is 0 Å². The Labute approximate surface area is 138 Å². The van der Waals surface area contributed by atoms with Crippen molar-refractivity contribution >= 4 is 5.91 Å². The zero-order chi connectivity index (χ0) is 16.8. The van der Waals surface area contributed by atoms with Gasteiger partial charge in [-0.15, -0.1) is 0 Å². The Kier molecular flexibility index (Phi) is 4.90. The summed E-state index contributed by atoms with van der Waals surface area (Å²) in [6.45, 7) is 0.174. The van der Waals surface area contributed by atoms with E-state index in [0.29, 0.717) is 12.2 Å². The van der Waals surface area contributed by atoms with E-state index < -0.39 is 5.69 Å². The second kappa shape index (κ2) is 7.45. The summed E-state index contributed by atoms with van der Waals surface area (Å²) in [5.41, 5.74) is 0.750. The molecule has 3 N–H and O–H groups in total. The van der Waals surface area contributed by atoms with Gasteiger partial charge in [0.2, 0.25) is 5.91 Å². The number of amides is 1. The lowest BCUT2D eigenvalue weighted by Gasteiger charge is -2.14. The molecule has 124 valence electrons. The normalized spacial score (nSPS) is 12.0. The summed E-state index contributed by atoms with van der Waals surface area (Å²) in [7, 11) is 0. The summed E-state index contributed by atoms with van der Waals surface area (Å²) in [6.07, 6.45) is 2.61. The highest BCUT2D eigenvalue weighted by molar-refractivity contribution is 5.76. The molecule has 1 unspecified atom stereocenters. The average Bonchev–Trinajstić information content (AvgIpc) is 3.25. The molecule has 0 aliphatic rings. The molecule has 0 fully saturated rings. The number of rotatable bonds is 7. The number of carbonyl (C=O) groups excluding carboxylic acids is 1. The first-order chi connectivity index (χ1) is 11.7. The third-order valence-electron chi connectivity index (χ3n) is 3.71. The van der Waals surface area contributed by atoms with Crippen molar-refractivity contribution in [2.24, 2.45) is 0 Å². The molecule has 1 amide bonds. The van der Waals surface area contributed by atoms with Crippen LogP contribution in [0.4, 0.5) is 0 Å². The monoisotopic (exact) mass is 326 g/mol. The van der Waals surface area contributed by atoms with Gasteiger partial charge in [-0.25, -0.2) is 9.89 Å². The molecule has 3 rings (SSSR count). The molecule has 2 aromatic heterocycles. The number of carbonyl (C=O) groups is 1. The third-order valence-corrected chi connectivity index (χ3v) is 3.71. The fourth-order valence-corrected chi connectivity index (χ4v) is 2.56. The van der Waals surface area contributed by atoms with Gasteiger partial charge >= 0.3 is 5.69 Å². The minimum absolute atomic E-state index is 0.0550. The molecule has 0 bridgehead atoms. The van der Waals surface area contributed by atoms with Gasteiger partial charge in [-0.05, 0) is 24.1 Å². The third kappa shape index (κ3) is 4.22. The zero-order valence-electron chi connectivity index (χ0n) is 13.0. The van der Waals surface area contributed by atoms with Crippen molar-refractivity contribution in [1.29, 1.82) is 0 Å². The highest BCUT2D eigenvalue weighted by atomic mass is 16.3. The Morgan fingerprint density at radius 2 is 2.04 bits per heavy atom.